The van der Waals surface area contributed by atoms with Gasteiger partial charge in [-0.3, -0.25) is 4.90 Å². The number of halogens is 1. The number of hydrogen-bond donors (Lipinski definition) is 1. The Labute approximate surface area is 275 Å². The van der Waals surface area contributed by atoms with E-state index in [9.17, 15) is 14.0 Å². The number of anilines is 1. The quantitative estimate of drug-likeness (QED) is 0.148. The van der Waals surface area contributed by atoms with Crippen molar-refractivity contribution in [1.82, 2.24) is 24.6 Å². The number of likely N-dealkylation sites (tertiary alicyclic amines) is 1. The maximum Gasteiger partial charge on any atom is 0.417 e. The van der Waals surface area contributed by atoms with E-state index in [1.165, 1.54) is 6.07 Å². The lowest BCUT2D eigenvalue weighted by atomic mass is 9.75. The van der Waals surface area contributed by atoms with Crippen LogP contribution in [0, 0.1) is 12.7 Å². The fraction of sp³-hybridized carbons (Fsp3) is 0.429. The van der Waals surface area contributed by atoms with E-state index in [-0.39, 0.29) is 30.2 Å². The van der Waals surface area contributed by atoms with Crippen LogP contribution in [0.1, 0.15) is 42.9 Å². The minimum atomic E-state index is -1.21. The highest BCUT2D eigenvalue weighted by atomic mass is 28.3. The molecule has 1 N–H and O–H groups in total. The summed E-state index contributed by atoms with van der Waals surface area (Å²) in [6.07, 6.45) is 4.65. The van der Waals surface area contributed by atoms with Crippen LogP contribution in [0.25, 0.3) is 10.9 Å². The monoisotopic (exact) mass is 658 g/mol. The van der Waals surface area contributed by atoms with Gasteiger partial charge < -0.3 is 19.7 Å². The number of fused-ring (bicyclic) bond motifs is 2. The van der Waals surface area contributed by atoms with Crippen LogP contribution in [0.2, 0.25) is 25.7 Å². The van der Waals surface area contributed by atoms with E-state index >= 15 is 0 Å². The lowest BCUT2D eigenvalue weighted by Gasteiger charge is -2.51. The molecule has 1 fully saturated rings. The van der Waals surface area contributed by atoms with Gasteiger partial charge in [-0.1, -0.05) is 50.8 Å². The lowest BCUT2D eigenvalue weighted by molar-refractivity contribution is 0.0107. The van der Waals surface area contributed by atoms with Crippen molar-refractivity contribution in [3.05, 3.63) is 83.4 Å². The highest BCUT2D eigenvalue weighted by molar-refractivity contribution is 6.76. The Bertz CT molecular complexity index is 1780. The summed E-state index contributed by atoms with van der Waals surface area (Å²) in [5.41, 5.74) is 2.93. The highest BCUT2D eigenvalue weighted by Crippen LogP contribution is 2.45. The summed E-state index contributed by atoms with van der Waals surface area (Å²) in [6, 6.07) is 14.8. The Morgan fingerprint density at radius 2 is 2.00 bits per heavy atom. The molecule has 0 radical (unpaired) electrons. The second-order valence-electron chi connectivity index (χ2n) is 13.8. The number of carbonyl (C=O) groups excluding carboxylic acids is 2. The number of pyridine rings is 1. The molecule has 2 aliphatic heterocycles. The molecular formula is C35H43FN6O4Si. The maximum atomic E-state index is 14.5. The first kappa shape index (κ1) is 32.6. The molecule has 4 aromatic rings. The van der Waals surface area contributed by atoms with Crippen molar-refractivity contribution in [2.75, 3.05) is 18.5 Å². The summed E-state index contributed by atoms with van der Waals surface area (Å²) in [5, 5.41) is 8.53. The minimum Gasteiger partial charge on any atom is -0.391 e. The van der Waals surface area contributed by atoms with Gasteiger partial charge in [0.15, 0.2) is 0 Å². The molecule has 0 aliphatic carbocycles. The Hall–Kier alpha value is -4.29. The summed E-state index contributed by atoms with van der Waals surface area (Å²) < 4.78 is 28.1. The number of rotatable bonds is 9. The van der Waals surface area contributed by atoms with E-state index in [0.29, 0.717) is 39.1 Å². The van der Waals surface area contributed by atoms with Crippen LogP contribution in [0.5, 0.6) is 5.88 Å². The fourth-order valence-corrected chi connectivity index (χ4v) is 7.55. The molecule has 1 saturated heterocycles. The number of carbonyl (C=O) groups is 2. The van der Waals surface area contributed by atoms with Crippen LogP contribution in [-0.2, 0) is 23.6 Å². The van der Waals surface area contributed by atoms with Gasteiger partial charge in [0.25, 0.3) is 0 Å². The van der Waals surface area contributed by atoms with Gasteiger partial charge in [0.2, 0.25) is 5.88 Å². The van der Waals surface area contributed by atoms with Crippen molar-refractivity contribution in [2.24, 2.45) is 0 Å². The molecule has 2 aromatic carbocycles. The van der Waals surface area contributed by atoms with E-state index in [4.69, 9.17) is 14.6 Å². The molecule has 10 nitrogen and oxygen atoms in total. The largest absolute Gasteiger partial charge is 0.417 e. The molecule has 2 aliphatic rings. The number of hydrogen-bond acceptors (Lipinski definition) is 6. The third-order valence-electron chi connectivity index (χ3n) is 9.39. The average molecular weight is 659 g/mol. The number of benzene rings is 2. The third-order valence-corrected chi connectivity index (χ3v) is 11.1. The second-order valence-corrected chi connectivity index (χ2v) is 19.4. The van der Waals surface area contributed by atoms with Crippen LogP contribution >= 0.6 is 0 Å². The summed E-state index contributed by atoms with van der Waals surface area (Å²) in [4.78, 5) is 35.1. The first-order valence-corrected chi connectivity index (χ1v) is 20.0. The maximum absolute atomic E-state index is 14.5. The van der Waals surface area contributed by atoms with Crippen molar-refractivity contribution in [2.45, 2.75) is 83.7 Å². The van der Waals surface area contributed by atoms with Crippen molar-refractivity contribution >= 4 is 36.8 Å². The first-order chi connectivity index (χ1) is 22.5. The van der Waals surface area contributed by atoms with Crippen molar-refractivity contribution < 1.29 is 23.5 Å². The fourth-order valence-electron chi connectivity index (χ4n) is 6.79. The Balaban J connectivity index is 1.34. The average Bonchev–Trinajstić information content (AvgIpc) is 3.47. The number of nitrogens with one attached hydrogen (secondary N) is 1. The van der Waals surface area contributed by atoms with Crippen molar-refractivity contribution in [3.8, 4) is 5.88 Å². The Morgan fingerprint density at radius 1 is 1.17 bits per heavy atom. The van der Waals surface area contributed by atoms with E-state index in [1.807, 2.05) is 23.9 Å². The molecule has 0 bridgehead atoms. The smallest absolute Gasteiger partial charge is 0.391 e. The van der Waals surface area contributed by atoms with Crippen molar-refractivity contribution in [1.29, 1.82) is 0 Å². The molecule has 4 heterocycles. The molecule has 6 rings (SSSR count). The number of para-hydroxylation sites is 1. The number of piperidine rings is 1. The molecular weight excluding hydrogens is 616 g/mol. The predicted molar refractivity (Wildman–Crippen MR) is 181 cm³/mol. The molecule has 12 heteroatoms. The predicted octanol–water partition coefficient (Wildman–Crippen LogP) is 7.51. The topological polar surface area (TPSA) is 102 Å². The SMILES string of the molecule is CCC1(c2cc(C)c3nn(COCC[Si](C)(C)C)cc3c2)CC(N2Cc3cccc(F)c3NC2=O)CCN1C(=O)Oc1ccccn1. The molecule has 248 valence electrons. The number of nitrogens with zero attached hydrogens (tertiary/aromatic N) is 5. The van der Waals surface area contributed by atoms with Gasteiger partial charge in [-0.25, -0.2) is 23.6 Å². The standard InChI is InChI=1S/C35H43FN6O4Si/c1-6-35(27-18-24(2)31-26(19-27)21-40(39-31)23-45-16-17-47(3,4)5)20-28(13-15-42(35)34(44)46-30-12-7-8-14-37-30)41-22-25-10-9-11-29(36)32(25)38-33(41)43/h7-12,14,18-19,21,28H,6,13,15-17,20,22-23H2,1-5H3,(H,38,43). The van der Waals surface area contributed by atoms with Crippen LogP contribution in [0.15, 0.2) is 60.9 Å². The zero-order chi connectivity index (χ0) is 33.3. The number of ether oxygens (including phenoxy) is 2. The molecule has 2 unspecified atom stereocenters. The number of aryl methyl sites for hydroxylation is 1. The van der Waals surface area contributed by atoms with Crippen LogP contribution in [0.3, 0.4) is 0 Å². The molecule has 0 spiro atoms. The zero-order valence-corrected chi connectivity index (χ0v) is 28.8. The van der Waals surface area contributed by atoms with Crippen LogP contribution in [-0.4, -0.2) is 64.0 Å². The number of amides is 3. The van der Waals surface area contributed by atoms with Gasteiger partial charge in [-0.05, 0) is 67.1 Å². The normalized spacial score (nSPS) is 19.9. The molecule has 47 heavy (non-hydrogen) atoms. The van der Waals surface area contributed by atoms with E-state index < -0.39 is 25.5 Å². The second kappa shape index (κ2) is 13.1. The Kier molecular flexibility index (Phi) is 9.08. The molecule has 2 aromatic heterocycles. The van der Waals surface area contributed by atoms with E-state index in [2.05, 4.69) is 49.0 Å². The van der Waals surface area contributed by atoms with Gasteiger partial charge in [0.05, 0.1) is 16.7 Å². The van der Waals surface area contributed by atoms with Crippen LogP contribution in [0.4, 0.5) is 19.7 Å². The molecule has 2 atom stereocenters. The van der Waals surface area contributed by atoms with Gasteiger partial charge in [-0.2, -0.15) is 5.10 Å². The van der Waals surface area contributed by atoms with Crippen molar-refractivity contribution in [3.63, 3.8) is 0 Å². The summed E-state index contributed by atoms with van der Waals surface area (Å²) in [5.74, 6) is -0.225. The molecule has 0 saturated carbocycles. The van der Waals surface area contributed by atoms with E-state index in [1.54, 1.807) is 40.3 Å². The van der Waals surface area contributed by atoms with Gasteiger partial charge in [-0.15, -0.1) is 0 Å². The van der Waals surface area contributed by atoms with Gasteiger partial charge >= 0.3 is 12.1 Å². The minimum absolute atomic E-state index is 0.219. The summed E-state index contributed by atoms with van der Waals surface area (Å²) in [6.45, 7) is 12.8. The summed E-state index contributed by atoms with van der Waals surface area (Å²) >= 11 is 0. The van der Waals surface area contributed by atoms with E-state index in [0.717, 1.165) is 33.6 Å². The zero-order valence-electron chi connectivity index (χ0n) is 27.8. The molecule has 3 amide bonds. The Morgan fingerprint density at radius 3 is 2.74 bits per heavy atom. The summed E-state index contributed by atoms with van der Waals surface area (Å²) in [7, 11) is -1.21. The third kappa shape index (κ3) is 6.75. The van der Waals surface area contributed by atoms with Gasteiger partial charge in [0.1, 0.15) is 12.5 Å². The first-order valence-electron chi connectivity index (χ1n) is 16.3. The lowest BCUT2D eigenvalue weighted by Crippen LogP contribution is -2.60. The highest BCUT2D eigenvalue weighted by Gasteiger charge is 2.48. The number of urea groups is 1. The van der Waals surface area contributed by atoms with Gasteiger partial charge in [0, 0.05) is 57.7 Å². The number of aromatic nitrogens is 3. The van der Waals surface area contributed by atoms with Crippen LogP contribution < -0.4 is 10.1 Å².